The fourth-order valence-corrected chi connectivity index (χ4v) is 2.84. The van der Waals surface area contributed by atoms with Crippen LogP contribution in [0.4, 0.5) is 0 Å². The lowest BCUT2D eigenvalue weighted by molar-refractivity contribution is -0.131. The molecule has 1 N–H and O–H groups in total. The number of fused-ring (bicyclic) bond motifs is 1. The standard InChI is InChI=1S/C17H18N4O5/c1-26-14-10-21-8-7-20(17(25)12(21)9-13(14)22)6-5-19-16(24)11-3-2-4-18-15(11)23/h2-4,9-11H,5-8H2,1H3,(H,19,24). The summed E-state index contributed by atoms with van der Waals surface area (Å²) in [5, 5.41) is 2.64. The van der Waals surface area contributed by atoms with Gasteiger partial charge in [0.25, 0.3) is 11.8 Å². The SMILES string of the molecule is COc1cn2c(cc1=O)C(=O)N(CCNC(=O)C1C=CC=NC1=O)CC2. The van der Waals surface area contributed by atoms with E-state index in [-0.39, 0.29) is 35.9 Å². The molecule has 0 radical (unpaired) electrons. The molecule has 2 aliphatic heterocycles. The van der Waals surface area contributed by atoms with E-state index in [0.29, 0.717) is 13.1 Å². The third-order valence-corrected chi connectivity index (χ3v) is 4.25. The minimum atomic E-state index is -0.927. The molecular weight excluding hydrogens is 340 g/mol. The monoisotopic (exact) mass is 358 g/mol. The van der Waals surface area contributed by atoms with Crippen molar-refractivity contribution in [3.8, 4) is 5.75 Å². The normalized spacial score (nSPS) is 18.7. The largest absolute Gasteiger partial charge is 0.491 e. The molecule has 26 heavy (non-hydrogen) atoms. The van der Waals surface area contributed by atoms with Crippen molar-refractivity contribution in [3.05, 3.63) is 40.3 Å². The molecule has 136 valence electrons. The summed E-state index contributed by atoms with van der Waals surface area (Å²) in [4.78, 5) is 53.1. The van der Waals surface area contributed by atoms with Gasteiger partial charge in [-0.3, -0.25) is 19.2 Å². The molecule has 0 saturated heterocycles. The van der Waals surface area contributed by atoms with E-state index < -0.39 is 17.7 Å². The number of rotatable bonds is 5. The van der Waals surface area contributed by atoms with E-state index in [9.17, 15) is 19.2 Å². The molecule has 3 amide bonds. The molecule has 9 heteroatoms. The second kappa shape index (κ2) is 7.34. The highest BCUT2D eigenvalue weighted by Gasteiger charge is 2.27. The molecule has 0 aromatic carbocycles. The summed E-state index contributed by atoms with van der Waals surface area (Å²) < 4.78 is 6.66. The van der Waals surface area contributed by atoms with E-state index in [1.165, 1.54) is 31.7 Å². The molecule has 2 aliphatic rings. The first-order valence-electron chi connectivity index (χ1n) is 8.11. The van der Waals surface area contributed by atoms with Crippen molar-refractivity contribution in [1.82, 2.24) is 14.8 Å². The second-order valence-corrected chi connectivity index (χ2v) is 5.85. The van der Waals surface area contributed by atoms with Crippen LogP contribution in [0.1, 0.15) is 10.5 Å². The number of carbonyl (C=O) groups excluding carboxylic acids is 3. The Balaban J connectivity index is 1.59. The number of hydrogen-bond donors (Lipinski definition) is 1. The average Bonchev–Trinajstić information content (AvgIpc) is 2.64. The molecule has 0 saturated carbocycles. The number of hydrogen-bond acceptors (Lipinski definition) is 5. The van der Waals surface area contributed by atoms with Gasteiger partial charge in [0.15, 0.2) is 5.75 Å². The van der Waals surface area contributed by atoms with E-state index in [1.807, 2.05) is 0 Å². The number of nitrogens with zero attached hydrogens (tertiary/aromatic N) is 3. The predicted molar refractivity (Wildman–Crippen MR) is 92.3 cm³/mol. The summed E-state index contributed by atoms with van der Waals surface area (Å²) in [6.45, 7) is 1.44. The van der Waals surface area contributed by atoms with E-state index in [0.717, 1.165) is 0 Å². The van der Waals surface area contributed by atoms with Gasteiger partial charge in [0.2, 0.25) is 11.3 Å². The molecule has 1 atom stereocenters. The molecule has 3 heterocycles. The van der Waals surface area contributed by atoms with Crippen LogP contribution in [0.25, 0.3) is 0 Å². The first kappa shape index (κ1) is 17.6. The number of amides is 3. The van der Waals surface area contributed by atoms with Crippen molar-refractivity contribution in [2.75, 3.05) is 26.7 Å². The van der Waals surface area contributed by atoms with E-state index >= 15 is 0 Å². The number of carbonyl (C=O) groups is 3. The van der Waals surface area contributed by atoms with Crippen LogP contribution in [-0.4, -0.2) is 60.1 Å². The Morgan fingerprint density at radius 1 is 1.35 bits per heavy atom. The smallest absolute Gasteiger partial charge is 0.270 e. The van der Waals surface area contributed by atoms with Gasteiger partial charge in [-0.05, 0) is 6.08 Å². The van der Waals surface area contributed by atoms with Crippen LogP contribution in [0.3, 0.4) is 0 Å². The maximum atomic E-state index is 12.5. The van der Waals surface area contributed by atoms with Gasteiger partial charge in [0, 0.05) is 38.5 Å². The number of ether oxygens (including phenoxy) is 1. The summed E-state index contributed by atoms with van der Waals surface area (Å²) in [5.41, 5.74) is -0.0708. The Kier molecular flexibility index (Phi) is 4.97. The van der Waals surface area contributed by atoms with Crippen LogP contribution < -0.4 is 15.5 Å². The lowest BCUT2D eigenvalue weighted by atomic mass is 10.1. The second-order valence-electron chi connectivity index (χ2n) is 5.85. The predicted octanol–water partition coefficient (Wildman–Crippen LogP) is -0.788. The Morgan fingerprint density at radius 3 is 2.88 bits per heavy atom. The third-order valence-electron chi connectivity index (χ3n) is 4.25. The Morgan fingerprint density at radius 2 is 2.15 bits per heavy atom. The maximum absolute atomic E-state index is 12.5. The van der Waals surface area contributed by atoms with E-state index in [2.05, 4.69) is 10.3 Å². The third kappa shape index (κ3) is 3.41. The van der Waals surface area contributed by atoms with Gasteiger partial charge >= 0.3 is 0 Å². The molecule has 1 aromatic rings. The molecule has 0 bridgehead atoms. The lowest BCUT2D eigenvalue weighted by Gasteiger charge is -2.30. The van der Waals surface area contributed by atoms with Gasteiger partial charge in [-0.1, -0.05) is 6.08 Å². The molecular formula is C17H18N4O5. The van der Waals surface area contributed by atoms with Gasteiger partial charge < -0.3 is 19.5 Å². The summed E-state index contributed by atoms with van der Waals surface area (Å²) in [6, 6.07) is 1.26. The van der Waals surface area contributed by atoms with Crippen molar-refractivity contribution in [2.45, 2.75) is 6.54 Å². The zero-order chi connectivity index (χ0) is 18.7. The van der Waals surface area contributed by atoms with Gasteiger partial charge in [0.05, 0.1) is 13.3 Å². The van der Waals surface area contributed by atoms with Crippen LogP contribution in [0.2, 0.25) is 0 Å². The highest BCUT2D eigenvalue weighted by Crippen LogP contribution is 2.14. The molecule has 0 aliphatic carbocycles. The van der Waals surface area contributed by atoms with E-state index in [4.69, 9.17) is 4.74 Å². The van der Waals surface area contributed by atoms with Crippen LogP contribution in [0.5, 0.6) is 5.75 Å². The number of allylic oxidation sites excluding steroid dienone is 1. The Hall–Kier alpha value is -3.23. The van der Waals surface area contributed by atoms with Gasteiger partial charge in [-0.25, -0.2) is 4.99 Å². The van der Waals surface area contributed by atoms with Gasteiger partial charge in [0.1, 0.15) is 11.6 Å². The van der Waals surface area contributed by atoms with Crippen LogP contribution in [0.15, 0.2) is 34.2 Å². The zero-order valence-electron chi connectivity index (χ0n) is 14.2. The van der Waals surface area contributed by atoms with Crippen molar-refractivity contribution >= 4 is 23.9 Å². The van der Waals surface area contributed by atoms with Gasteiger partial charge in [-0.15, -0.1) is 0 Å². The Labute approximate surface area is 149 Å². The quantitative estimate of drug-likeness (QED) is 0.694. The molecule has 3 rings (SSSR count). The van der Waals surface area contributed by atoms with Crippen molar-refractivity contribution in [1.29, 1.82) is 0 Å². The van der Waals surface area contributed by atoms with Crippen LogP contribution in [0, 0.1) is 5.92 Å². The number of aliphatic imine (C=N–C) groups is 1. The highest BCUT2D eigenvalue weighted by atomic mass is 16.5. The van der Waals surface area contributed by atoms with Gasteiger partial charge in [-0.2, -0.15) is 0 Å². The maximum Gasteiger partial charge on any atom is 0.270 e. The zero-order valence-corrected chi connectivity index (χ0v) is 14.2. The summed E-state index contributed by atoms with van der Waals surface area (Å²) in [6.07, 6.45) is 5.89. The topological polar surface area (TPSA) is 110 Å². The molecule has 9 nitrogen and oxygen atoms in total. The first-order valence-corrected chi connectivity index (χ1v) is 8.11. The molecule has 0 fully saturated rings. The summed E-state index contributed by atoms with van der Waals surface area (Å²) in [5.74, 6) is -1.99. The first-order chi connectivity index (χ1) is 12.5. The number of aromatic nitrogens is 1. The van der Waals surface area contributed by atoms with E-state index in [1.54, 1.807) is 15.5 Å². The fraction of sp³-hybridized carbons (Fsp3) is 0.353. The number of pyridine rings is 1. The molecule has 1 unspecified atom stereocenters. The number of methoxy groups -OCH3 is 1. The lowest BCUT2D eigenvalue weighted by Crippen LogP contribution is -2.46. The minimum Gasteiger partial charge on any atom is -0.491 e. The molecule has 1 aromatic heterocycles. The number of nitrogens with one attached hydrogen (secondary N) is 1. The summed E-state index contributed by atoms with van der Waals surface area (Å²) >= 11 is 0. The molecule has 0 spiro atoms. The van der Waals surface area contributed by atoms with Crippen molar-refractivity contribution in [3.63, 3.8) is 0 Å². The van der Waals surface area contributed by atoms with Crippen molar-refractivity contribution < 1.29 is 19.1 Å². The highest BCUT2D eigenvalue weighted by molar-refractivity contribution is 6.07. The number of dihydropyridines is 1. The summed E-state index contributed by atoms with van der Waals surface area (Å²) in [7, 11) is 1.40. The van der Waals surface area contributed by atoms with Crippen LogP contribution in [-0.2, 0) is 16.1 Å². The fourth-order valence-electron chi connectivity index (χ4n) is 2.84. The average molecular weight is 358 g/mol. The van der Waals surface area contributed by atoms with Crippen LogP contribution >= 0.6 is 0 Å². The Bertz CT molecular complexity index is 870. The van der Waals surface area contributed by atoms with Crippen molar-refractivity contribution in [2.24, 2.45) is 10.9 Å². The minimum absolute atomic E-state index is 0.190.